The van der Waals surface area contributed by atoms with Gasteiger partial charge in [0.15, 0.2) is 6.61 Å². The number of anilines is 1. The van der Waals surface area contributed by atoms with E-state index in [0.29, 0.717) is 5.69 Å². The number of hydrogen-bond donors (Lipinski definition) is 1. The van der Waals surface area contributed by atoms with Gasteiger partial charge in [0.25, 0.3) is 17.7 Å². The lowest BCUT2D eigenvalue weighted by atomic mass is 10.1. The second kappa shape index (κ2) is 8.73. The van der Waals surface area contributed by atoms with Gasteiger partial charge in [0.05, 0.1) is 16.7 Å². The molecule has 30 heavy (non-hydrogen) atoms. The predicted molar refractivity (Wildman–Crippen MR) is 111 cm³/mol. The average molecular weight is 406 g/mol. The summed E-state index contributed by atoms with van der Waals surface area (Å²) >= 11 is 0. The van der Waals surface area contributed by atoms with E-state index in [9.17, 15) is 19.2 Å². The zero-order valence-corrected chi connectivity index (χ0v) is 16.9. The van der Waals surface area contributed by atoms with E-state index in [1.54, 1.807) is 0 Å². The number of benzene rings is 2. The number of hydrogen-bond acceptors (Lipinski definition) is 5. The van der Waals surface area contributed by atoms with Gasteiger partial charge in [0, 0.05) is 12.2 Å². The molecule has 1 aliphatic heterocycles. The summed E-state index contributed by atoms with van der Waals surface area (Å²) in [7, 11) is 0. The van der Waals surface area contributed by atoms with Crippen LogP contribution in [0, 0.1) is 6.92 Å². The van der Waals surface area contributed by atoms with E-state index in [4.69, 9.17) is 4.74 Å². The van der Waals surface area contributed by atoms with Crippen LogP contribution in [0.3, 0.4) is 0 Å². The summed E-state index contributed by atoms with van der Waals surface area (Å²) in [6.45, 7) is 7.02. The maximum absolute atomic E-state index is 12.4. The Morgan fingerprint density at radius 2 is 1.87 bits per heavy atom. The summed E-state index contributed by atoms with van der Waals surface area (Å²) in [5.74, 6) is -2.14. The van der Waals surface area contributed by atoms with Crippen molar-refractivity contribution in [2.75, 3.05) is 18.5 Å². The number of rotatable bonds is 7. The number of amides is 3. The van der Waals surface area contributed by atoms with Gasteiger partial charge in [-0.15, -0.1) is 6.58 Å². The molecule has 0 bridgehead atoms. The number of para-hydroxylation sites is 1. The fraction of sp³-hybridized carbons (Fsp3) is 0.217. The van der Waals surface area contributed by atoms with Crippen LogP contribution in [0.2, 0.25) is 0 Å². The SMILES string of the molecule is C=CCN1C(=O)c2ccc(C(=O)OCC(=O)Nc3c(C)cccc3CC)cc2C1=O. The third-order valence-electron chi connectivity index (χ3n) is 4.86. The van der Waals surface area contributed by atoms with Crippen LogP contribution >= 0.6 is 0 Å². The highest BCUT2D eigenvalue weighted by molar-refractivity contribution is 6.22. The van der Waals surface area contributed by atoms with E-state index < -0.39 is 30.3 Å². The molecule has 0 radical (unpaired) electrons. The molecular formula is C23H22N2O5. The minimum Gasteiger partial charge on any atom is -0.452 e. The summed E-state index contributed by atoms with van der Waals surface area (Å²) in [5, 5.41) is 2.78. The number of esters is 1. The zero-order chi connectivity index (χ0) is 21.8. The molecule has 0 aromatic heterocycles. The van der Waals surface area contributed by atoms with Crippen molar-refractivity contribution in [1.29, 1.82) is 0 Å². The Labute approximate surface area is 174 Å². The molecule has 1 heterocycles. The van der Waals surface area contributed by atoms with E-state index in [0.717, 1.165) is 22.4 Å². The molecule has 0 atom stereocenters. The topological polar surface area (TPSA) is 92.8 Å². The monoisotopic (exact) mass is 406 g/mol. The maximum atomic E-state index is 12.4. The molecule has 3 rings (SSSR count). The van der Waals surface area contributed by atoms with Gasteiger partial charge in [-0.05, 0) is 42.7 Å². The summed E-state index contributed by atoms with van der Waals surface area (Å²) in [5.41, 5.74) is 3.06. The van der Waals surface area contributed by atoms with Gasteiger partial charge in [-0.1, -0.05) is 31.2 Å². The highest BCUT2D eigenvalue weighted by Crippen LogP contribution is 2.24. The first kappa shape index (κ1) is 21.0. The molecule has 2 aromatic rings. The quantitative estimate of drug-likeness (QED) is 0.433. The molecule has 2 aromatic carbocycles. The number of nitrogens with zero attached hydrogens (tertiary/aromatic N) is 1. The normalized spacial score (nSPS) is 12.5. The Bertz CT molecular complexity index is 1060. The minimum absolute atomic E-state index is 0.0882. The number of imide groups is 1. The Balaban J connectivity index is 1.67. The van der Waals surface area contributed by atoms with Crippen molar-refractivity contribution in [3.63, 3.8) is 0 Å². The fourth-order valence-corrected chi connectivity index (χ4v) is 3.30. The van der Waals surface area contributed by atoms with Crippen LogP contribution in [0.25, 0.3) is 0 Å². The van der Waals surface area contributed by atoms with Crippen molar-refractivity contribution in [3.8, 4) is 0 Å². The lowest BCUT2D eigenvalue weighted by molar-refractivity contribution is -0.119. The number of aryl methyl sites for hydroxylation is 2. The van der Waals surface area contributed by atoms with Crippen LogP contribution in [-0.2, 0) is 16.0 Å². The summed E-state index contributed by atoms with van der Waals surface area (Å²) in [6.07, 6.45) is 2.20. The first-order chi connectivity index (χ1) is 14.4. The smallest absolute Gasteiger partial charge is 0.338 e. The number of nitrogens with one attached hydrogen (secondary N) is 1. The summed E-state index contributed by atoms with van der Waals surface area (Å²) in [6, 6.07) is 9.86. The van der Waals surface area contributed by atoms with Gasteiger partial charge in [-0.2, -0.15) is 0 Å². The third-order valence-corrected chi connectivity index (χ3v) is 4.86. The molecule has 7 nitrogen and oxygen atoms in total. The molecule has 0 spiro atoms. The van der Waals surface area contributed by atoms with Crippen LogP contribution in [0.1, 0.15) is 49.1 Å². The molecule has 0 unspecified atom stereocenters. The van der Waals surface area contributed by atoms with E-state index in [-0.39, 0.29) is 23.2 Å². The lowest BCUT2D eigenvalue weighted by Gasteiger charge is -2.13. The molecular weight excluding hydrogens is 384 g/mol. The zero-order valence-electron chi connectivity index (χ0n) is 16.9. The highest BCUT2D eigenvalue weighted by Gasteiger charge is 2.35. The average Bonchev–Trinajstić information content (AvgIpc) is 2.98. The van der Waals surface area contributed by atoms with E-state index in [2.05, 4.69) is 11.9 Å². The Morgan fingerprint density at radius 1 is 1.13 bits per heavy atom. The molecule has 0 saturated carbocycles. The van der Waals surface area contributed by atoms with Gasteiger partial charge in [0.1, 0.15) is 0 Å². The molecule has 7 heteroatoms. The number of carbonyl (C=O) groups excluding carboxylic acids is 4. The number of ether oxygens (including phenoxy) is 1. The van der Waals surface area contributed by atoms with E-state index in [1.807, 2.05) is 32.0 Å². The second-order valence-corrected chi connectivity index (χ2v) is 6.86. The van der Waals surface area contributed by atoms with Crippen LogP contribution in [0.5, 0.6) is 0 Å². The Kier molecular flexibility index (Phi) is 6.11. The molecule has 0 fully saturated rings. The van der Waals surface area contributed by atoms with Gasteiger partial charge in [-0.25, -0.2) is 4.79 Å². The van der Waals surface area contributed by atoms with Crippen LogP contribution < -0.4 is 5.32 Å². The van der Waals surface area contributed by atoms with Crippen LogP contribution in [0.4, 0.5) is 5.69 Å². The Morgan fingerprint density at radius 3 is 2.57 bits per heavy atom. The minimum atomic E-state index is -0.754. The van der Waals surface area contributed by atoms with Crippen molar-refractivity contribution >= 4 is 29.4 Å². The molecule has 3 amide bonds. The van der Waals surface area contributed by atoms with Crippen LogP contribution in [0.15, 0.2) is 49.1 Å². The van der Waals surface area contributed by atoms with E-state index in [1.165, 1.54) is 24.3 Å². The molecule has 154 valence electrons. The largest absolute Gasteiger partial charge is 0.452 e. The van der Waals surface area contributed by atoms with E-state index >= 15 is 0 Å². The number of fused-ring (bicyclic) bond motifs is 1. The van der Waals surface area contributed by atoms with Crippen molar-refractivity contribution in [2.45, 2.75) is 20.3 Å². The van der Waals surface area contributed by atoms with Crippen molar-refractivity contribution in [1.82, 2.24) is 4.90 Å². The lowest BCUT2D eigenvalue weighted by Crippen LogP contribution is -2.29. The highest BCUT2D eigenvalue weighted by atomic mass is 16.5. The predicted octanol–water partition coefficient (Wildman–Crippen LogP) is 3.13. The Hall–Kier alpha value is -3.74. The molecule has 1 N–H and O–H groups in total. The van der Waals surface area contributed by atoms with Gasteiger partial charge in [0.2, 0.25) is 0 Å². The standard InChI is InChI=1S/C23H22N2O5/c1-4-11-25-21(27)17-10-9-16(12-18(17)22(25)28)23(29)30-13-19(26)24-20-14(3)7-6-8-15(20)5-2/h4,6-10,12H,1,5,11,13H2,2-3H3,(H,24,26). The van der Waals surface area contributed by atoms with Gasteiger partial charge < -0.3 is 10.1 Å². The molecule has 1 aliphatic rings. The third kappa shape index (κ3) is 4.00. The van der Waals surface area contributed by atoms with Gasteiger partial charge >= 0.3 is 5.97 Å². The fourth-order valence-electron chi connectivity index (χ4n) is 3.30. The number of carbonyl (C=O) groups is 4. The summed E-state index contributed by atoms with van der Waals surface area (Å²) in [4.78, 5) is 50.3. The van der Waals surface area contributed by atoms with Crippen molar-refractivity contribution in [3.05, 3.63) is 76.9 Å². The van der Waals surface area contributed by atoms with Crippen LogP contribution in [-0.4, -0.2) is 41.7 Å². The maximum Gasteiger partial charge on any atom is 0.338 e. The first-order valence-corrected chi connectivity index (χ1v) is 9.54. The first-order valence-electron chi connectivity index (χ1n) is 9.54. The second-order valence-electron chi connectivity index (χ2n) is 6.86. The molecule has 0 aliphatic carbocycles. The summed E-state index contributed by atoms with van der Waals surface area (Å²) < 4.78 is 5.09. The van der Waals surface area contributed by atoms with Crippen molar-refractivity contribution < 1.29 is 23.9 Å². The molecule has 0 saturated heterocycles. The van der Waals surface area contributed by atoms with Gasteiger partial charge in [-0.3, -0.25) is 19.3 Å². The van der Waals surface area contributed by atoms with Crippen molar-refractivity contribution in [2.24, 2.45) is 0 Å².